The van der Waals surface area contributed by atoms with Crippen LogP contribution in [-0.4, -0.2) is 39.3 Å². The van der Waals surface area contributed by atoms with Gasteiger partial charge >= 0.3 is 5.69 Å². The van der Waals surface area contributed by atoms with Crippen LogP contribution in [-0.2, 0) is 10.0 Å². The highest BCUT2D eigenvalue weighted by Gasteiger charge is 2.20. The van der Waals surface area contributed by atoms with Crippen molar-refractivity contribution in [2.45, 2.75) is 6.92 Å². The smallest absolute Gasteiger partial charge is 0.333 e. The first-order valence-electron chi connectivity index (χ1n) is 5.96. The maximum absolute atomic E-state index is 11.3. The molecule has 0 aromatic heterocycles. The molecule has 0 saturated heterocycles. The minimum Gasteiger partial charge on any atom is -0.487 e. The van der Waals surface area contributed by atoms with Crippen molar-refractivity contribution in [3.63, 3.8) is 0 Å². The van der Waals surface area contributed by atoms with Crippen LogP contribution in [0, 0.1) is 10.1 Å². The van der Waals surface area contributed by atoms with Gasteiger partial charge in [0.25, 0.3) is 0 Å². The molecule has 0 aliphatic heterocycles. The molecule has 112 valence electrons. The Bertz CT molecular complexity index is 573. The minimum absolute atomic E-state index is 0.0552. The molecule has 0 spiro atoms. The zero-order valence-corrected chi connectivity index (χ0v) is 12.1. The first-order chi connectivity index (χ1) is 9.41. The zero-order chi connectivity index (χ0) is 15.2. The molecule has 1 aromatic carbocycles. The Morgan fingerprint density at radius 3 is 2.65 bits per heavy atom. The Balaban J connectivity index is 2.89. The van der Waals surface area contributed by atoms with E-state index in [2.05, 4.69) is 10.0 Å². The number of nitrogens with zero attached hydrogens (tertiary/aromatic N) is 1. The van der Waals surface area contributed by atoms with E-state index in [9.17, 15) is 18.5 Å². The van der Waals surface area contributed by atoms with Gasteiger partial charge in [0.2, 0.25) is 10.0 Å². The second-order valence-corrected chi connectivity index (χ2v) is 5.84. The quantitative estimate of drug-likeness (QED) is 0.546. The van der Waals surface area contributed by atoms with Crippen LogP contribution in [0.4, 0.5) is 11.4 Å². The second-order valence-electron chi connectivity index (χ2n) is 3.79. The van der Waals surface area contributed by atoms with E-state index in [1.165, 1.54) is 19.2 Å². The molecule has 20 heavy (non-hydrogen) atoms. The highest BCUT2D eigenvalue weighted by Crippen LogP contribution is 2.34. The average molecular weight is 303 g/mol. The third-order valence-corrected chi connectivity index (χ3v) is 3.84. The molecule has 0 fully saturated rings. The van der Waals surface area contributed by atoms with Gasteiger partial charge in [-0.3, -0.25) is 10.1 Å². The fourth-order valence-corrected chi connectivity index (χ4v) is 2.12. The molecule has 8 nitrogen and oxygen atoms in total. The molecule has 0 aliphatic rings. The first-order valence-corrected chi connectivity index (χ1v) is 7.61. The van der Waals surface area contributed by atoms with E-state index in [1.54, 1.807) is 13.0 Å². The molecule has 0 atom stereocenters. The van der Waals surface area contributed by atoms with Crippen molar-refractivity contribution in [3.05, 3.63) is 28.3 Å². The molecule has 0 aliphatic carbocycles. The van der Waals surface area contributed by atoms with Crippen molar-refractivity contribution < 1.29 is 18.1 Å². The maximum Gasteiger partial charge on any atom is 0.333 e. The molecule has 0 saturated carbocycles. The summed E-state index contributed by atoms with van der Waals surface area (Å²) in [4.78, 5) is 10.5. The summed E-state index contributed by atoms with van der Waals surface area (Å²) in [6.45, 7) is 2.08. The average Bonchev–Trinajstić information content (AvgIpc) is 2.39. The summed E-state index contributed by atoms with van der Waals surface area (Å²) in [5, 5.41) is 13.8. The first kappa shape index (κ1) is 16.2. The van der Waals surface area contributed by atoms with Crippen LogP contribution in [0.1, 0.15) is 6.92 Å². The standard InChI is InChI=1S/C11H17N3O5S/c1-3-19-10-6-4-5-9(11(10)14(15)16)13-7-8-20(17,18)12-2/h4-6,12-13H,3,7-8H2,1-2H3. The summed E-state index contributed by atoms with van der Waals surface area (Å²) >= 11 is 0. The predicted molar refractivity (Wildman–Crippen MR) is 75.6 cm³/mol. The molecule has 9 heteroatoms. The van der Waals surface area contributed by atoms with Gasteiger partial charge in [-0.05, 0) is 26.1 Å². The zero-order valence-electron chi connectivity index (χ0n) is 11.3. The lowest BCUT2D eigenvalue weighted by molar-refractivity contribution is -0.384. The van der Waals surface area contributed by atoms with Gasteiger partial charge in [0.1, 0.15) is 5.69 Å². The van der Waals surface area contributed by atoms with Crippen molar-refractivity contribution >= 4 is 21.4 Å². The van der Waals surface area contributed by atoms with Gasteiger partial charge in [-0.1, -0.05) is 6.07 Å². The van der Waals surface area contributed by atoms with Gasteiger partial charge in [-0.25, -0.2) is 13.1 Å². The molecule has 0 amide bonds. The molecule has 0 unspecified atom stereocenters. The number of hydrogen-bond acceptors (Lipinski definition) is 6. The monoisotopic (exact) mass is 303 g/mol. The highest BCUT2D eigenvalue weighted by atomic mass is 32.2. The van der Waals surface area contributed by atoms with Crippen molar-refractivity contribution in [2.75, 3.05) is 31.3 Å². The number of nitrogens with one attached hydrogen (secondary N) is 2. The van der Waals surface area contributed by atoms with Crippen molar-refractivity contribution in [1.29, 1.82) is 0 Å². The number of nitro benzene ring substituents is 1. The van der Waals surface area contributed by atoms with Gasteiger partial charge in [-0.15, -0.1) is 0 Å². The van der Waals surface area contributed by atoms with E-state index in [4.69, 9.17) is 4.74 Å². The second kappa shape index (κ2) is 7.06. The topological polar surface area (TPSA) is 111 Å². The van der Waals surface area contributed by atoms with Gasteiger partial charge < -0.3 is 10.1 Å². The summed E-state index contributed by atoms with van der Waals surface area (Å²) in [5.74, 6) is -0.0292. The number of para-hydroxylation sites is 1. The number of rotatable bonds is 8. The summed E-state index contributed by atoms with van der Waals surface area (Å²) in [7, 11) is -2.04. The van der Waals surface area contributed by atoms with Crippen LogP contribution in [0.25, 0.3) is 0 Å². The Kier molecular flexibility index (Phi) is 5.71. The van der Waals surface area contributed by atoms with E-state index >= 15 is 0 Å². The van der Waals surface area contributed by atoms with Crippen LogP contribution < -0.4 is 14.8 Å². The molecular weight excluding hydrogens is 286 g/mol. The third-order valence-electron chi connectivity index (χ3n) is 2.48. The molecule has 0 heterocycles. The molecule has 0 radical (unpaired) electrons. The third kappa shape index (κ3) is 4.35. The fourth-order valence-electron chi connectivity index (χ4n) is 1.55. The minimum atomic E-state index is -3.36. The Hall–Kier alpha value is -1.87. The van der Waals surface area contributed by atoms with Gasteiger partial charge in [-0.2, -0.15) is 0 Å². The SMILES string of the molecule is CCOc1cccc(NCCS(=O)(=O)NC)c1[N+](=O)[O-]. The Morgan fingerprint density at radius 1 is 1.40 bits per heavy atom. The van der Waals surface area contributed by atoms with Gasteiger partial charge in [0.05, 0.1) is 17.3 Å². The molecule has 1 rings (SSSR count). The van der Waals surface area contributed by atoms with Crippen LogP contribution in [0.3, 0.4) is 0 Å². The van der Waals surface area contributed by atoms with E-state index < -0.39 is 14.9 Å². The molecular formula is C11H17N3O5S. The van der Waals surface area contributed by atoms with Crippen LogP contribution in [0.5, 0.6) is 5.75 Å². The highest BCUT2D eigenvalue weighted by molar-refractivity contribution is 7.89. The number of hydrogen-bond donors (Lipinski definition) is 2. The van der Waals surface area contributed by atoms with Crippen LogP contribution in [0.2, 0.25) is 0 Å². The van der Waals surface area contributed by atoms with Gasteiger partial charge in [0, 0.05) is 6.54 Å². The van der Waals surface area contributed by atoms with E-state index in [-0.39, 0.29) is 29.4 Å². The molecule has 1 aromatic rings. The van der Waals surface area contributed by atoms with Crippen molar-refractivity contribution in [1.82, 2.24) is 4.72 Å². The van der Waals surface area contributed by atoms with E-state index in [0.717, 1.165) is 0 Å². The Morgan fingerprint density at radius 2 is 2.10 bits per heavy atom. The summed E-state index contributed by atoms with van der Waals surface area (Å²) < 4.78 is 29.9. The van der Waals surface area contributed by atoms with E-state index in [0.29, 0.717) is 6.61 Å². The van der Waals surface area contributed by atoms with Crippen LogP contribution >= 0.6 is 0 Å². The number of ether oxygens (including phenoxy) is 1. The Labute approximate surface area is 117 Å². The lowest BCUT2D eigenvalue weighted by Crippen LogP contribution is -2.26. The van der Waals surface area contributed by atoms with E-state index in [1.807, 2.05) is 0 Å². The largest absolute Gasteiger partial charge is 0.487 e. The molecule has 0 bridgehead atoms. The summed E-state index contributed by atoms with van der Waals surface area (Å²) in [6.07, 6.45) is 0. The van der Waals surface area contributed by atoms with Crippen LogP contribution in [0.15, 0.2) is 18.2 Å². The number of benzene rings is 1. The number of nitro groups is 1. The number of sulfonamides is 1. The maximum atomic E-state index is 11.3. The molecule has 2 N–H and O–H groups in total. The fraction of sp³-hybridized carbons (Fsp3) is 0.455. The van der Waals surface area contributed by atoms with Gasteiger partial charge in [0.15, 0.2) is 5.75 Å². The predicted octanol–water partition coefficient (Wildman–Crippen LogP) is 0.955. The lowest BCUT2D eigenvalue weighted by Gasteiger charge is -2.10. The normalized spacial score (nSPS) is 11.1. The summed E-state index contributed by atoms with van der Waals surface area (Å²) in [6, 6.07) is 4.61. The summed E-state index contributed by atoms with van der Waals surface area (Å²) in [5.41, 5.74) is 0.0310. The lowest BCUT2D eigenvalue weighted by atomic mass is 10.2. The van der Waals surface area contributed by atoms with Crippen molar-refractivity contribution in [3.8, 4) is 5.75 Å². The number of anilines is 1. The van der Waals surface area contributed by atoms with Crippen molar-refractivity contribution in [2.24, 2.45) is 0 Å².